The lowest BCUT2D eigenvalue weighted by atomic mass is 9.89. The molecule has 0 aliphatic carbocycles. The van der Waals surface area contributed by atoms with Crippen LogP contribution in [0, 0.1) is 5.92 Å². The van der Waals surface area contributed by atoms with Gasteiger partial charge in [-0.15, -0.1) is 0 Å². The summed E-state index contributed by atoms with van der Waals surface area (Å²) in [7, 11) is 0. The zero-order valence-electron chi connectivity index (χ0n) is 13.7. The van der Waals surface area contributed by atoms with Crippen LogP contribution in [0.15, 0.2) is 6.33 Å². The number of nitrogens with zero attached hydrogens (tertiary/aromatic N) is 3. The van der Waals surface area contributed by atoms with Crippen LogP contribution in [0.4, 0.5) is 0 Å². The molecule has 2 atom stereocenters. The van der Waals surface area contributed by atoms with Crippen LogP contribution in [-0.4, -0.2) is 27.4 Å². The minimum absolute atomic E-state index is 0.524. The summed E-state index contributed by atoms with van der Waals surface area (Å²) in [5, 5.41) is 8.01. The Morgan fingerprint density at radius 1 is 1.20 bits per heavy atom. The Balaban J connectivity index is 2.71. The van der Waals surface area contributed by atoms with E-state index in [2.05, 4.69) is 47.8 Å². The summed E-state index contributed by atoms with van der Waals surface area (Å²) < 4.78 is 2.07. The first-order valence-corrected chi connectivity index (χ1v) is 8.36. The van der Waals surface area contributed by atoms with Gasteiger partial charge in [0.2, 0.25) is 0 Å². The maximum Gasteiger partial charge on any atom is 0.138 e. The normalized spacial score (nSPS) is 14.4. The van der Waals surface area contributed by atoms with Crippen molar-refractivity contribution >= 4 is 0 Å². The summed E-state index contributed by atoms with van der Waals surface area (Å²) >= 11 is 0. The summed E-state index contributed by atoms with van der Waals surface area (Å²) in [6.45, 7) is 10.9. The maximum absolute atomic E-state index is 4.47. The van der Waals surface area contributed by atoms with E-state index < -0.39 is 0 Å². The van der Waals surface area contributed by atoms with Gasteiger partial charge in [-0.3, -0.25) is 4.68 Å². The predicted octanol–water partition coefficient (Wildman–Crippen LogP) is 3.43. The summed E-state index contributed by atoms with van der Waals surface area (Å²) in [5.74, 6) is 1.87. The monoisotopic (exact) mass is 280 g/mol. The van der Waals surface area contributed by atoms with Crippen LogP contribution in [0.5, 0.6) is 0 Å². The van der Waals surface area contributed by atoms with E-state index in [4.69, 9.17) is 0 Å². The average Bonchev–Trinajstić information content (AvgIpc) is 2.87. The van der Waals surface area contributed by atoms with E-state index in [0.717, 1.165) is 37.7 Å². The van der Waals surface area contributed by atoms with Crippen molar-refractivity contribution in [3.05, 3.63) is 12.2 Å². The summed E-state index contributed by atoms with van der Waals surface area (Å²) in [6.07, 6.45) is 8.95. The van der Waals surface area contributed by atoms with Crippen molar-refractivity contribution < 1.29 is 0 Å². The molecule has 0 bridgehead atoms. The van der Waals surface area contributed by atoms with Gasteiger partial charge in [0.25, 0.3) is 0 Å². The summed E-state index contributed by atoms with van der Waals surface area (Å²) in [5.41, 5.74) is 0. The standard InChI is InChI=1S/C16H32N4/c1-5-9-10-14(7-3)15(17-8-4)12-16-18-13-19-20(16)11-6-2/h13-15,17H,5-12H2,1-4H3. The molecule has 0 radical (unpaired) electrons. The Labute approximate surface area is 124 Å². The molecule has 1 rings (SSSR count). The average molecular weight is 280 g/mol. The topological polar surface area (TPSA) is 42.7 Å². The minimum atomic E-state index is 0.524. The lowest BCUT2D eigenvalue weighted by molar-refractivity contribution is 0.312. The number of unbranched alkanes of at least 4 members (excludes halogenated alkanes) is 1. The SMILES string of the molecule is CCCCC(CC)C(Cc1ncnn1CCC)NCC. The molecule has 0 saturated carbocycles. The Morgan fingerprint density at radius 2 is 2.00 bits per heavy atom. The zero-order chi connectivity index (χ0) is 14.8. The fourth-order valence-corrected chi connectivity index (χ4v) is 2.87. The highest BCUT2D eigenvalue weighted by Crippen LogP contribution is 2.19. The number of aryl methyl sites for hydroxylation is 1. The van der Waals surface area contributed by atoms with Crippen molar-refractivity contribution in [2.24, 2.45) is 5.92 Å². The molecule has 0 saturated heterocycles. The van der Waals surface area contributed by atoms with Crippen molar-refractivity contribution in [1.29, 1.82) is 0 Å². The summed E-state index contributed by atoms with van der Waals surface area (Å²) in [4.78, 5) is 4.47. The van der Waals surface area contributed by atoms with E-state index >= 15 is 0 Å². The third kappa shape index (κ3) is 5.23. The number of nitrogens with one attached hydrogen (secondary N) is 1. The molecule has 1 aromatic rings. The van der Waals surface area contributed by atoms with Crippen molar-refractivity contribution in [2.45, 2.75) is 78.8 Å². The lowest BCUT2D eigenvalue weighted by Gasteiger charge is -2.27. The van der Waals surface area contributed by atoms with Crippen molar-refractivity contribution in [1.82, 2.24) is 20.1 Å². The molecule has 0 aliphatic rings. The van der Waals surface area contributed by atoms with Gasteiger partial charge in [0.05, 0.1) is 0 Å². The van der Waals surface area contributed by atoms with E-state index in [9.17, 15) is 0 Å². The summed E-state index contributed by atoms with van der Waals surface area (Å²) in [6, 6.07) is 0.524. The first-order chi connectivity index (χ1) is 9.76. The first kappa shape index (κ1) is 17.2. The van der Waals surface area contributed by atoms with Gasteiger partial charge in [0.15, 0.2) is 0 Å². The van der Waals surface area contributed by atoms with Crippen LogP contribution in [0.2, 0.25) is 0 Å². The highest BCUT2D eigenvalue weighted by molar-refractivity contribution is 4.92. The second-order valence-electron chi connectivity index (χ2n) is 5.58. The third-order valence-corrected chi connectivity index (χ3v) is 4.02. The van der Waals surface area contributed by atoms with Gasteiger partial charge >= 0.3 is 0 Å². The van der Waals surface area contributed by atoms with Gasteiger partial charge in [-0.05, 0) is 25.3 Å². The molecule has 4 heteroatoms. The van der Waals surface area contributed by atoms with Gasteiger partial charge in [-0.25, -0.2) is 4.98 Å². The molecule has 0 spiro atoms. The molecule has 1 aromatic heterocycles. The third-order valence-electron chi connectivity index (χ3n) is 4.02. The Morgan fingerprint density at radius 3 is 2.60 bits per heavy atom. The Kier molecular flexibility index (Phi) is 8.51. The van der Waals surface area contributed by atoms with Gasteiger partial charge < -0.3 is 5.32 Å². The van der Waals surface area contributed by atoms with Crippen LogP contribution >= 0.6 is 0 Å². The molecule has 1 N–H and O–H groups in total. The molecule has 0 aromatic carbocycles. The maximum atomic E-state index is 4.47. The van der Waals surface area contributed by atoms with Crippen molar-refractivity contribution in [2.75, 3.05) is 6.54 Å². The molecule has 20 heavy (non-hydrogen) atoms. The van der Waals surface area contributed by atoms with Gasteiger partial charge in [-0.2, -0.15) is 5.10 Å². The molecular weight excluding hydrogens is 248 g/mol. The van der Waals surface area contributed by atoms with E-state index in [-0.39, 0.29) is 0 Å². The minimum Gasteiger partial charge on any atom is -0.314 e. The zero-order valence-corrected chi connectivity index (χ0v) is 13.7. The molecule has 0 fully saturated rings. The number of rotatable bonds is 11. The number of hydrogen-bond donors (Lipinski definition) is 1. The number of aromatic nitrogens is 3. The molecule has 1 heterocycles. The van der Waals surface area contributed by atoms with E-state index in [1.54, 1.807) is 6.33 Å². The van der Waals surface area contributed by atoms with E-state index in [0.29, 0.717) is 6.04 Å². The Hall–Kier alpha value is -0.900. The molecule has 0 aliphatic heterocycles. The van der Waals surface area contributed by atoms with E-state index in [1.165, 1.54) is 25.7 Å². The Bertz CT molecular complexity index is 348. The molecule has 0 amide bonds. The molecule has 116 valence electrons. The fourth-order valence-electron chi connectivity index (χ4n) is 2.87. The quantitative estimate of drug-likeness (QED) is 0.675. The smallest absolute Gasteiger partial charge is 0.138 e. The van der Waals surface area contributed by atoms with Crippen LogP contribution < -0.4 is 5.32 Å². The van der Waals surface area contributed by atoms with Gasteiger partial charge in [0.1, 0.15) is 12.2 Å². The molecule has 2 unspecified atom stereocenters. The lowest BCUT2D eigenvalue weighted by Crippen LogP contribution is -2.38. The van der Waals surface area contributed by atoms with Crippen LogP contribution in [0.25, 0.3) is 0 Å². The van der Waals surface area contributed by atoms with Crippen LogP contribution in [0.3, 0.4) is 0 Å². The highest BCUT2D eigenvalue weighted by Gasteiger charge is 2.21. The fraction of sp³-hybridized carbons (Fsp3) is 0.875. The van der Waals surface area contributed by atoms with Crippen molar-refractivity contribution in [3.63, 3.8) is 0 Å². The largest absolute Gasteiger partial charge is 0.314 e. The first-order valence-electron chi connectivity index (χ1n) is 8.36. The highest BCUT2D eigenvalue weighted by atomic mass is 15.3. The second-order valence-corrected chi connectivity index (χ2v) is 5.58. The van der Waals surface area contributed by atoms with Gasteiger partial charge in [0, 0.05) is 19.0 Å². The van der Waals surface area contributed by atoms with Crippen LogP contribution in [0.1, 0.15) is 65.6 Å². The molecule has 4 nitrogen and oxygen atoms in total. The van der Waals surface area contributed by atoms with Crippen molar-refractivity contribution in [3.8, 4) is 0 Å². The number of likely N-dealkylation sites (N-methyl/N-ethyl adjacent to an activating group) is 1. The van der Waals surface area contributed by atoms with E-state index in [1.807, 2.05) is 0 Å². The number of hydrogen-bond acceptors (Lipinski definition) is 3. The predicted molar refractivity (Wildman–Crippen MR) is 84.8 cm³/mol. The van der Waals surface area contributed by atoms with Crippen LogP contribution in [-0.2, 0) is 13.0 Å². The molecular formula is C16H32N4. The second kappa shape index (κ2) is 9.92. The van der Waals surface area contributed by atoms with Gasteiger partial charge in [-0.1, -0.05) is 47.0 Å².